The third-order valence-corrected chi connectivity index (χ3v) is 7.83. The van der Waals surface area contributed by atoms with Gasteiger partial charge < -0.3 is 15.4 Å². The molecule has 0 saturated carbocycles. The first-order valence-corrected chi connectivity index (χ1v) is 12.2. The first-order chi connectivity index (χ1) is 16.1. The Balaban J connectivity index is 0.00000342. The Morgan fingerprint density at radius 1 is 1.20 bits per heavy atom. The number of benzene rings is 2. The number of nitrogens with one attached hydrogen (secondary N) is 2. The number of halogens is 2. The van der Waals surface area contributed by atoms with Crippen molar-refractivity contribution in [1.82, 2.24) is 9.55 Å². The van der Waals surface area contributed by atoms with E-state index in [9.17, 15) is 27.5 Å². The molecule has 35 heavy (non-hydrogen) atoms. The number of hydrogen-bond acceptors (Lipinski definition) is 7. The molecule has 4 rings (SSSR count). The SMILES string of the molecule is C.CNc1cc2[nH]c(=O)n(-c3ccc(CC([O-])=NS(=O)(=O)c4ccc(Cl)s4)cc3)c(=O)c2cc1F. The Labute approximate surface area is 208 Å². The van der Waals surface area contributed by atoms with Gasteiger partial charge in [0.25, 0.3) is 15.6 Å². The van der Waals surface area contributed by atoms with Gasteiger partial charge in [-0.05, 0) is 47.9 Å². The van der Waals surface area contributed by atoms with Crippen LogP contribution in [0.15, 0.2) is 66.7 Å². The number of rotatable bonds is 6. The van der Waals surface area contributed by atoms with Gasteiger partial charge in [-0.25, -0.2) is 13.8 Å². The first-order valence-electron chi connectivity index (χ1n) is 9.61. The number of anilines is 1. The summed E-state index contributed by atoms with van der Waals surface area (Å²) in [7, 11) is -2.66. The smallest absolute Gasteiger partial charge is 0.333 e. The van der Waals surface area contributed by atoms with E-state index in [-0.39, 0.29) is 44.7 Å². The van der Waals surface area contributed by atoms with Gasteiger partial charge in [0.2, 0.25) is 0 Å². The first kappa shape index (κ1) is 26.1. The van der Waals surface area contributed by atoms with Crippen LogP contribution in [0.2, 0.25) is 4.34 Å². The highest BCUT2D eigenvalue weighted by Crippen LogP contribution is 2.27. The second kappa shape index (κ2) is 10.0. The Hall–Kier alpha value is -3.48. The van der Waals surface area contributed by atoms with Crippen molar-refractivity contribution in [3.05, 3.63) is 85.1 Å². The van der Waals surface area contributed by atoms with Gasteiger partial charge in [0.1, 0.15) is 10.0 Å². The Morgan fingerprint density at radius 2 is 1.89 bits per heavy atom. The van der Waals surface area contributed by atoms with E-state index >= 15 is 0 Å². The molecule has 2 aromatic heterocycles. The molecule has 4 aromatic rings. The number of thiophene rings is 1. The second-order valence-corrected chi connectivity index (χ2v) is 10.6. The number of H-pyrrole nitrogens is 1. The van der Waals surface area contributed by atoms with Crippen LogP contribution in [0, 0.1) is 5.82 Å². The molecule has 0 aliphatic carbocycles. The lowest BCUT2D eigenvalue weighted by atomic mass is 10.1. The van der Waals surface area contributed by atoms with E-state index in [0.717, 1.165) is 22.0 Å². The van der Waals surface area contributed by atoms with Gasteiger partial charge in [-0.1, -0.05) is 31.2 Å². The molecular formula is C22H19ClFN4O5S2-. The molecule has 0 aliphatic heterocycles. The van der Waals surface area contributed by atoms with Gasteiger partial charge in [0.15, 0.2) is 0 Å². The Morgan fingerprint density at radius 3 is 2.49 bits per heavy atom. The van der Waals surface area contributed by atoms with Crippen molar-refractivity contribution < 1.29 is 17.9 Å². The second-order valence-electron chi connectivity index (χ2n) is 7.06. The predicted octanol–water partition coefficient (Wildman–Crippen LogP) is 2.90. The van der Waals surface area contributed by atoms with Crippen LogP contribution in [0.5, 0.6) is 0 Å². The molecule has 2 aromatic carbocycles. The van der Waals surface area contributed by atoms with Crippen molar-refractivity contribution in [2.45, 2.75) is 18.1 Å². The van der Waals surface area contributed by atoms with Crippen molar-refractivity contribution in [3.63, 3.8) is 0 Å². The zero-order valence-corrected chi connectivity index (χ0v) is 19.7. The predicted molar refractivity (Wildman–Crippen MR) is 134 cm³/mol. The van der Waals surface area contributed by atoms with Crippen molar-refractivity contribution >= 4 is 55.4 Å². The molecule has 2 heterocycles. The van der Waals surface area contributed by atoms with Gasteiger partial charge in [0, 0.05) is 13.5 Å². The maximum absolute atomic E-state index is 14.1. The fourth-order valence-corrected chi connectivity index (χ4v) is 5.63. The van der Waals surface area contributed by atoms with E-state index in [1.54, 1.807) is 0 Å². The number of hydrogen-bond donors (Lipinski definition) is 2. The highest BCUT2D eigenvalue weighted by atomic mass is 35.5. The zero-order chi connectivity index (χ0) is 24.6. The van der Waals surface area contributed by atoms with E-state index in [1.807, 2.05) is 0 Å². The Bertz CT molecular complexity index is 1660. The summed E-state index contributed by atoms with van der Waals surface area (Å²) < 4.78 is 42.8. The number of aromatic amines is 1. The van der Waals surface area contributed by atoms with Gasteiger partial charge in [0.05, 0.1) is 26.6 Å². The van der Waals surface area contributed by atoms with Crippen LogP contribution in [0.4, 0.5) is 10.1 Å². The lowest BCUT2D eigenvalue weighted by Crippen LogP contribution is -2.33. The topological polar surface area (TPSA) is 136 Å². The molecule has 0 fully saturated rings. The van der Waals surface area contributed by atoms with E-state index < -0.39 is 33.0 Å². The van der Waals surface area contributed by atoms with Crippen LogP contribution in [0.3, 0.4) is 0 Å². The summed E-state index contributed by atoms with van der Waals surface area (Å²) in [5.74, 6) is -1.54. The van der Waals surface area contributed by atoms with E-state index in [4.69, 9.17) is 11.6 Å². The molecule has 2 N–H and O–H groups in total. The van der Waals surface area contributed by atoms with Crippen LogP contribution in [-0.4, -0.2) is 30.9 Å². The highest BCUT2D eigenvalue weighted by Gasteiger charge is 2.15. The molecule has 0 spiro atoms. The maximum atomic E-state index is 14.1. The van der Waals surface area contributed by atoms with E-state index in [2.05, 4.69) is 14.7 Å². The largest absolute Gasteiger partial charge is 0.861 e. The van der Waals surface area contributed by atoms with Gasteiger partial charge in [-0.2, -0.15) is 12.8 Å². The van der Waals surface area contributed by atoms with Crippen molar-refractivity contribution in [2.75, 3.05) is 12.4 Å². The summed E-state index contributed by atoms with van der Waals surface area (Å²) >= 11 is 6.52. The monoisotopic (exact) mass is 537 g/mol. The molecule has 0 aliphatic rings. The van der Waals surface area contributed by atoms with Crippen LogP contribution in [0.25, 0.3) is 16.6 Å². The van der Waals surface area contributed by atoms with Crippen LogP contribution in [-0.2, 0) is 16.4 Å². The minimum absolute atomic E-state index is 0. The summed E-state index contributed by atoms with van der Waals surface area (Å²) in [5.41, 5.74) is -0.560. The fraction of sp³-hybridized carbons (Fsp3) is 0.136. The maximum Gasteiger partial charge on any atom is 0.333 e. The van der Waals surface area contributed by atoms with Crippen molar-refractivity contribution in [1.29, 1.82) is 0 Å². The molecule has 9 nitrogen and oxygen atoms in total. The van der Waals surface area contributed by atoms with Crippen molar-refractivity contribution in [3.8, 4) is 5.69 Å². The minimum Gasteiger partial charge on any atom is -0.861 e. The molecule has 0 amide bonds. The third-order valence-electron chi connectivity index (χ3n) is 4.83. The Kier molecular flexibility index (Phi) is 7.48. The molecular weight excluding hydrogens is 519 g/mol. The van der Waals surface area contributed by atoms with Gasteiger partial charge in [-0.3, -0.25) is 4.79 Å². The summed E-state index contributed by atoms with van der Waals surface area (Å²) in [6.45, 7) is 0. The van der Waals surface area contributed by atoms with Crippen LogP contribution < -0.4 is 21.7 Å². The normalized spacial score (nSPS) is 11.9. The average Bonchev–Trinajstić information content (AvgIpc) is 3.22. The highest BCUT2D eigenvalue weighted by molar-refractivity contribution is 7.92. The van der Waals surface area contributed by atoms with Gasteiger partial charge in [-0.15, -0.1) is 11.3 Å². The summed E-state index contributed by atoms with van der Waals surface area (Å²) in [5, 5.41) is 14.8. The standard InChI is InChI=1S/C21H16ClFN4O5S2.CH4/c1-24-16-10-15-13(9-14(16)23)20(29)27(21(30)25-15)12-4-2-11(3-5-12)8-18(28)26-34(31,32)19-7-6-17(22)33-19;/h2-7,9-10,24H,8H2,1H3,(H,25,30)(H,26,28);1H4/p-1. The average molecular weight is 538 g/mol. The van der Waals surface area contributed by atoms with E-state index in [1.165, 1.54) is 49.5 Å². The van der Waals surface area contributed by atoms with E-state index in [0.29, 0.717) is 5.56 Å². The molecule has 0 saturated heterocycles. The van der Waals surface area contributed by atoms with Crippen LogP contribution in [0.1, 0.15) is 13.0 Å². The molecule has 0 atom stereocenters. The summed E-state index contributed by atoms with van der Waals surface area (Å²) in [6, 6.07) is 10.8. The van der Waals surface area contributed by atoms with Crippen LogP contribution >= 0.6 is 22.9 Å². The molecule has 184 valence electrons. The summed E-state index contributed by atoms with van der Waals surface area (Å²) in [6.07, 6.45) is -0.320. The minimum atomic E-state index is -4.17. The lowest BCUT2D eigenvalue weighted by Gasteiger charge is -2.12. The lowest BCUT2D eigenvalue weighted by molar-refractivity contribution is -0.217. The molecule has 0 unspecified atom stereocenters. The number of sulfonamides is 1. The third kappa shape index (κ3) is 5.29. The number of nitrogens with zero attached hydrogens (tertiary/aromatic N) is 2. The van der Waals surface area contributed by atoms with Gasteiger partial charge >= 0.3 is 5.69 Å². The number of aromatic nitrogens is 2. The quantitative estimate of drug-likeness (QED) is 0.287. The molecule has 0 radical (unpaired) electrons. The molecule has 13 heteroatoms. The zero-order valence-electron chi connectivity index (χ0n) is 17.3. The summed E-state index contributed by atoms with van der Waals surface area (Å²) in [4.78, 5) is 28.0. The van der Waals surface area contributed by atoms with Crippen molar-refractivity contribution in [2.24, 2.45) is 4.40 Å². The fourth-order valence-electron chi connectivity index (χ4n) is 3.25. The molecule has 0 bridgehead atoms. The number of fused-ring (bicyclic) bond motifs is 1.